The van der Waals surface area contributed by atoms with E-state index in [-0.39, 0.29) is 17.9 Å². The van der Waals surface area contributed by atoms with Crippen molar-refractivity contribution in [3.63, 3.8) is 0 Å². The van der Waals surface area contributed by atoms with Crippen LogP contribution in [0.1, 0.15) is 84.9 Å². The van der Waals surface area contributed by atoms with E-state index >= 15 is 0 Å². The molecule has 6 heteroatoms. The first-order valence-corrected chi connectivity index (χ1v) is 14.0. The minimum Gasteiger partial charge on any atom is -0.479 e. The number of carbonyl (C=O) groups is 2. The molecule has 1 N–H and O–H groups in total. The lowest BCUT2D eigenvalue weighted by atomic mass is 9.99. The number of aryl methyl sites for hydroxylation is 1. The largest absolute Gasteiger partial charge is 0.479 e. The average molecular weight is 541 g/mol. The van der Waals surface area contributed by atoms with Crippen molar-refractivity contribution in [2.75, 3.05) is 6.61 Å². The summed E-state index contributed by atoms with van der Waals surface area (Å²) in [5, 5.41) is 4.28. The first-order chi connectivity index (χ1) is 19.1. The summed E-state index contributed by atoms with van der Waals surface area (Å²) in [4.78, 5) is 25.0. The Kier molecular flexibility index (Phi) is 8.98. The normalized spacial score (nSPS) is 12.8. The molecule has 6 nitrogen and oxygen atoms in total. The van der Waals surface area contributed by atoms with E-state index in [1.165, 1.54) is 11.1 Å². The lowest BCUT2D eigenvalue weighted by molar-refractivity contribution is -0.150. The first kappa shape index (κ1) is 28.9. The minimum atomic E-state index is -0.661. The van der Waals surface area contributed by atoms with Gasteiger partial charge in [-0.15, -0.1) is 0 Å². The molecular formula is C34H40N2O4. The lowest BCUT2D eigenvalue weighted by Gasteiger charge is -2.16. The Balaban J connectivity index is 1.48. The number of hydrogen-bond acceptors (Lipinski definition) is 4. The van der Waals surface area contributed by atoms with E-state index in [1.54, 1.807) is 13.8 Å². The van der Waals surface area contributed by atoms with Gasteiger partial charge in [0.05, 0.1) is 12.6 Å². The molecular weight excluding hydrogens is 500 g/mol. The molecule has 0 aliphatic heterocycles. The van der Waals surface area contributed by atoms with Crippen LogP contribution in [0, 0.1) is 6.92 Å². The summed E-state index contributed by atoms with van der Waals surface area (Å²) in [7, 11) is 2.04. The van der Waals surface area contributed by atoms with Crippen LogP contribution in [0.2, 0.25) is 0 Å². The van der Waals surface area contributed by atoms with Gasteiger partial charge in [-0.05, 0) is 86.6 Å². The van der Waals surface area contributed by atoms with Gasteiger partial charge in [0, 0.05) is 29.2 Å². The van der Waals surface area contributed by atoms with Crippen molar-refractivity contribution in [2.24, 2.45) is 7.05 Å². The van der Waals surface area contributed by atoms with E-state index in [2.05, 4.69) is 54.9 Å². The van der Waals surface area contributed by atoms with Gasteiger partial charge in [-0.25, -0.2) is 4.79 Å². The highest BCUT2D eigenvalue weighted by molar-refractivity contribution is 5.99. The molecule has 0 saturated carbocycles. The van der Waals surface area contributed by atoms with E-state index in [1.807, 2.05) is 56.4 Å². The van der Waals surface area contributed by atoms with Crippen molar-refractivity contribution in [3.8, 4) is 5.75 Å². The highest BCUT2D eigenvalue weighted by atomic mass is 16.6. The van der Waals surface area contributed by atoms with Crippen LogP contribution in [0.4, 0.5) is 0 Å². The van der Waals surface area contributed by atoms with Gasteiger partial charge >= 0.3 is 5.97 Å². The summed E-state index contributed by atoms with van der Waals surface area (Å²) in [6.07, 6.45) is 0.0807. The van der Waals surface area contributed by atoms with Crippen LogP contribution < -0.4 is 10.1 Å². The number of amides is 1. The highest BCUT2D eigenvalue weighted by Gasteiger charge is 2.18. The monoisotopic (exact) mass is 540 g/mol. The second-order valence-electron chi connectivity index (χ2n) is 10.7. The van der Waals surface area contributed by atoms with E-state index in [4.69, 9.17) is 9.47 Å². The number of ether oxygens (including phenoxy) is 2. The Hall–Kier alpha value is -4.06. The number of nitrogens with zero attached hydrogens (tertiary/aromatic N) is 1. The molecule has 40 heavy (non-hydrogen) atoms. The molecule has 210 valence electrons. The summed E-state index contributed by atoms with van der Waals surface area (Å²) in [5.74, 6) is 0.639. The summed E-state index contributed by atoms with van der Waals surface area (Å²) in [6.45, 7) is 12.3. The Labute approximate surface area is 237 Å². The molecule has 0 aliphatic rings. The van der Waals surface area contributed by atoms with Gasteiger partial charge in [-0.2, -0.15) is 0 Å². The van der Waals surface area contributed by atoms with Crippen LogP contribution in [0.5, 0.6) is 5.75 Å². The van der Waals surface area contributed by atoms with Crippen LogP contribution >= 0.6 is 0 Å². The number of hydrogen-bond donors (Lipinski definition) is 1. The van der Waals surface area contributed by atoms with Crippen molar-refractivity contribution in [3.05, 3.63) is 100 Å². The van der Waals surface area contributed by atoms with Crippen molar-refractivity contribution in [1.29, 1.82) is 0 Å². The van der Waals surface area contributed by atoms with Gasteiger partial charge in [0.25, 0.3) is 5.91 Å². The predicted molar refractivity (Wildman–Crippen MR) is 160 cm³/mol. The maximum absolute atomic E-state index is 13.2. The van der Waals surface area contributed by atoms with Gasteiger partial charge in [0.15, 0.2) is 6.10 Å². The highest BCUT2D eigenvalue weighted by Crippen LogP contribution is 2.29. The smallest absolute Gasteiger partial charge is 0.347 e. The van der Waals surface area contributed by atoms with Crippen molar-refractivity contribution in [1.82, 2.24) is 9.88 Å². The third kappa shape index (κ3) is 6.39. The van der Waals surface area contributed by atoms with Crippen LogP contribution in [-0.2, 0) is 23.0 Å². The van der Waals surface area contributed by atoms with Crippen molar-refractivity contribution < 1.29 is 19.1 Å². The molecule has 0 spiro atoms. The van der Waals surface area contributed by atoms with E-state index in [0.717, 1.165) is 34.1 Å². The average Bonchev–Trinajstić information content (AvgIpc) is 3.18. The summed E-state index contributed by atoms with van der Waals surface area (Å²) >= 11 is 0. The molecule has 2 atom stereocenters. The Morgan fingerprint density at radius 2 is 1.55 bits per heavy atom. The van der Waals surface area contributed by atoms with E-state index < -0.39 is 6.10 Å². The number of nitrogens with one attached hydrogen (secondary N) is 1. The molecule has 1 heterocycles. The maximum atomic E-state index is 13.2. The Morgan fingerprint density at radius 1 is 0.900 bits per heavy atom. The summed E-state index contributed by atoms with van der Waals surface area (Å²) in [6, 6.07) is 22.1. The second kappa shape index (κ2) is 12.4. The zero-order valence-corrected chi connectivity index (χ0v) is 24.6. The lowest BCUT2D eigenvalue weighted by Crippen LogP contribution is -2.26. The molecule has 1 amide bonds. The second-order valence-corrected chi connectivity index (χ2v) is 10.7. The number of rotatable bonds is 10. The first-order valence-electron chi connectivity index (χ1n) is 14.0. The number of fused-ring (bicyclic) bond motifs is 1. The predicted octanol–water partition coefficient (Wildman–Crippen LogP) is 7.02. The fourth-order valence-corrected chi connectivity index (χ4v) is 4.94. The van der Waals surface area contributed by atoms with Crippen LogP contribution in [0.3, 0.4) is 0 Å². The Bertz CT molecular complexity index is 1480. The van der Waals surface area contributed by atoms with Crippen LogP contribution in [-0.4, -0.2) is 29.2 Å². The minimum absolute atomic E-state index is 0.0876. The van der Waals surface area contributed by atoms with Gasteiger partial charge in [0.2, 0.25) is 0 Å². The molecule has 3 aromatic carbocycles. The molecule has 0 saturated heterocycles. The number of carbonyl (C=O) groups excluding carboxylic acids is 2. The van der Waals surface area contributed by atoms with Crippen molar-refractivity contribution >= 4 is 22.8 Å². The molecule has 4 rings (SSSR count). The summed E-state index contributed by atoms with van der Waals surface area (Å²) in [5.41, 5.74) is 7.54. The maximum Gasteiger partial charge on any atom is 0.347 e. The SMILES string of the molecule is CCOC(=O)C(C)Oc1ccc(Cc2c(C)n(C)c3cc(C(=O)N[C@@H](C)c4ccc(C(C)C)cc4)ccc23)cc1. The number of benzene rings is 3. The quantitative estimate of drug-likeness (QED) is 0.219. The standard InChI is InChI=1S/C34H40N2O4/c1-8-39-34(38)24(6)40-29-16-9-25(10-17-29)19-31-23(5)36(7)32-20-28(15-18-30(31)32)33(37)35-22(4)27-13-11-26(12-14-27)21(2)3/h9-18,20-22,24H,8,19H2,1-7H3,(H,35,37)/t22-,24?/m0/s1. The number of aromatic nitrogens is 1. The fourth-order valence-electron chi connectivity index (χ4n) is 4.94. The topological polar surface area (TPSA) is 69.6 Å². The summed E-state index contributed by atoms with van der Waals surface area (Å²) < 4.78 is 12.9. The molecule has 1 aromatic heterocycles. The van der Waals surface area contributed by atoms with Gasteiger partial charge in [0.1, 0.15) is 5.75 Å². The third-order valence-electron chi connectivity index (χ3n) is 7.57. The fraction of sp³-hybridized carbons (Fsp3) is 0.353. The van der Waals surface area contributed by atoms with Gasteiger partial charge in [-0.1, -0.05) is 56.3 Å². The molecule has 0 fully saturated rings. The molecule has 0 aliphatic carbocycles. The van der Waals surface area contributed by atoms with E-state index in [9.17, 15) is 9.59 Å². The molecule has 1 unspecified atom stereocenters. The molecule has 0 bridgehead atoms. The van der Waals surface area contributed by atoms with Gasteiger partial charge < -0.3 is 19.4 Å². The third-order valence-corrected chi connectivity index (χ3v) is 7.57. The zero-order chi connectivity index (χ0) is 29.0. The van der Waals surface area contributed by atoms with Crippen molar-refractivity contribution in [2.45, 2.75) is 66.0 Å². The van der Waals surface area contributed by atoms with Crippen LogP contribution in [0.25, 0.3) is 10.9 Å². The molecule has 4 aromatic rings. The van der Waals surface area contributed by atoms with E-state index in [0.29, 0.717) is 23.8 Å². The Morgan fingerprint density at radius 3 is 2.17 bits per heavy atom. The number of esters is 1. The van der Waals surface area contributed by atoms with Gasteiger partial charge in [-0.3, -0.25) is 4.79 Å². The zero-order valence-electron chi connectivity index (χ0n) is 24.6. The molecule has 0 radical (unpaired) electrons. The van der Waals surface area contributed by atoms with Crippen LogP contribution in [0.15, 0.2) is 66.7 Å².